The number of sulfonamides is 1. The number of carbonyl (C=O) groups excluding carboxylic acids is 1. The van der Waals surface area contributed by atoms with Crippen molar-refractivity contribution in [3.05, 3.63) is 70.6 Å². The van der Waals surface area contributed by atoms with Gasteiger partial charge in [0, 0.05) is 10.6 Å². The van der Waals surface area contributed by atoms with E-state index in [4.69, 9.17) is 10.7 Å². The number of hydroxylamine groups is 1. The molecule has 0 heterocycles. The zero-order valence-electron chi connectivity index (χ0n) is 12.9. The molecule has 9 nitrogen and oxygen atoms in total. The summed E-state index contributed by atoms with van der Waals surface area (Å²) in [6.45, 7) is 0. The third-order valence-electron chi connectivity index (χ3n) is 3.31. The number of benzene rings is 2. The second-order valence-electron chi connectivity index (χ2n) is 5.02. The van der Waals surface area contributed by atoms with Gasteiger partial charge in [-0.05, 0) is 29.6 Å². The maximum Gasteiger partial charge on any atom is 0.261 e. The average molecular weight is 361 g/mol. The Morgan fingerprint density at radius 1 is 1.16 bits per heavy atom. The van der Waals surface area contributed by atoms with Crippen LogP contribution < -0.4 is 10.2 Å². The van der Waals surface area contributed by atoms with Gasteiger partial charge >= 0.3 is 0 Å². The SMILES string of the molecule is [N-]=[N+]=Nc1ccc(S(=O)(=O)N[C@H](Cc2ccccc2)C(=O)NO)cc1. The summed E-state index contributed by atoms with van der Waals surface area (Å²) < 4.78 is 27.1. The van der Waals surface area contributed by atoms with Gasteiger partial charge in [0.25, 0.3) is 5.91 Å². The van der Waals surface area contributed by atoms with Crippen molar-refractivity contribution in [2.45, 2.75) is 17.4 Å². The van der Waals surface area contributed by atoms with Crippen molar-refractivity contribution in [1.29, 1.82) is 0 Å². The van der Waals surface area contributed by atoms with E-state index in [1.165, 1.54) is 29.7 Å². The molecule has 0 aromatic heterocycles. The minimum absolute atomic E-state index is 0.0588. The first-order chi connectivity index (χ1) is 12.0. The number of carbonyl (C=O) groups is 1. The van der Waals surface area contributed by atoms with Crippen molar-refractivity contribution < 1.29 is 18.4 Å². The summed E-state index contributed by atoms with van der Waals surface area (Å²) in [5.41, 5.74) is 10.8. The van der Waals surface area contributed by atoms with Gasteiger partial charge in [0.2, 0.25) is 10.0 Å². The minimum Gasteiger partial charge on any atom is -0.289 e. The van der Waals surface area contributed by atoms with Gasteiger partial charge in [-0.1, -0.05) is 47.6 Å². The van der Waals surface area contributed by atoms with E-state index in [0.29, 0.717) is 0 Å². The number of rotatable bonds is 7. The molecule has 2 aromatic rings. The predicted molar refractivity (Wildman–Crippen MR) is 89.4 cm³/mol. The fourth-order valence-corrected chi connectivity index (χ4v) is 3.31. The Kier molecular flexibility index (Phi) is 6.09. The molecule has 0 aliphatic carbocycles. The van der Waals surface area contributed by atoms with E-state index in [-0.39, 0.29) is 17.0 Å². The Labute approximate surface area is 143 Å². The van der Waals surface area contributed by atoms with Gasteiger partial charge in [-0.15, -0.1) is 0 Å². The zero-order chi connectivity index (χ0) is 18.3. The first-order valence-electron chi connectivity index (χ1n) is 7.11. The van der Waals surface area contributed by atoms with Crippen molar-refractivity contribution >= 4 is 21.6 Å². The Balaban J connectivity index is 2.23. The molecule has 2 rings (SSSR count). The summed E-state index contributed by atoms with van der Waals surface area (Å²) >= 11 is 0. The van der Waals surface area contributed by atoms with Crippen molar-refractivity contribution in [3.63, 3.8) is 0 Å². The first-order valence-corrected chi connectivity index (χ1v) is 8.60. The van der Waals surface area contributed by atoms with Crippen LogP contribution in [0.25, 0.3) is 10.4 Å². The third kappa shape index (κ3) is 5.03. The highest BCUT2D eigenvalue weighted by molar-refractivity contribution is 7.89. The molecular weight excluding hydrogens is 346 g/mol. The van der Waals surface area contributed by atoms with E-state index >= 15 is 0 Å². The molecule has 130 valence electrons. The first kappa shape index (κ1) is 18.4. The predicted octanol–water partition coefficient (Wildman–Crippen LogP) is 2.02. The molecule has 0 aliphatic rings. The standard InChI is InChI=1S/C15H15N5O4S/c16-20-17-12-6-8-13(9-7-12)25(23,24)19-14(15(21)18-22)10-11-4-2-1-3-5-11/h1-9,14,19,22H,10H2,(H,18,21)/t14-/m1/s1. The van der Waals surface area contributed by atoms with Gasteiger partial charge in [-0.3, -0.25) is 10.0 Å². The van der Waals surface area contributed by atoms with Crippen LogP contribution in [-0.2, 0) is 21.2 Å². The van der Waals surface area contributed by atoms with Crippen LogP contribution >= 0.6 is 0 Å². The molecule has 2 aromatic carbocycles. The van der Waals surface area contributed by atoms with Crippen molar-refractivity contribution in [2.24, 2.45) is 5.11 Å². The monoisotopic (exact) mass is 361 g/mol. The lowest BCUT2D eigenvalue weighted by Gasteiger charge is -2.17. The van der Waals surface area contributed by atoms with Crippen LogP contribution in [0.5, 0.6) is 0 Å². The van der Waals surface area contributed by atoms with E-state index in [2.05, 4.69) is 14.7 Å². The third-order valence-corrected chi connectivity index (χ3v) is 4.80. The molecule has 0 unspecified atom stereocenters. The van der Waals surface area contributed by atoms with Gasteiger partial charge in [0.05, 0.1) is 4.90 Å². The molecule has 25 heavy (non-hydrogen) atoms. The van der Waals surface area contributed by atoms with Gasteiger partial charge < -0.3 is 0 Å². The van der Waals surface area contributed by atoms with E-state index in [1.54, 1.807) is 30.3 Å². The molecule has 0 bridgehead atoms. The van der Waals surface area contributed by atoms with E-state index in [0.717, 1.165) is 5.56 Å². The van der Waals surface area contributed by atoms with Gasteiger partial charge in [0.15, 0.2) is 0 Å². The largest absolute Gasteiger partial charge is 0.289 e. The molecule has 1 atom stereocenters. The lowest BCUT2D eigenvalue weighted by Crippen LogP contribution is -2.47. The molecule has 10 heteroatoms. The lowest BCUT2D eigenvalue weighted by molar-refractivity contribution is -0.130. The number of azide groups is 1. The topological polar surface area (TPSA) is 144 Å². The Morgan fingerprint density at radius 2 is 1.80 bits per heavy atom. The maximum atomic E-state index is 12.4. The molecule has 0 fully saturated rings. The smallest absolute Gasteiger partial charge is 0.261 e. The summed E-state index contributed by atoms with van der Waals surface area (Å²) in [4.78, 5) is 14.3. The number of hydrogen-bond acceptors (Lipinski definition) is 5. The van der Waals surface area contributed by atoms with E-state index in [9.17, 15) is 13.2 Å². The summed E-state index contributed by atoms with van der Waals surface area (Å²) in [6, 6.07) is 12.8. The van der Waals surface area contributed by atoms with Crippen LogP contribution in [0.4, 0.5) is 5.69 Å². The highest BCUT2D eigenvalue weighted by Gasteiger charge is 2.25. The van der Waals surface area contributed by atoms with Crippen molar-refractivity contribution in [1.82, 2.24) is 10.2 Å². The average Bonchev–Trinajstić information content (AvgIpc) is 2.62. The zero-order valence-corrected chi connectivity index (χ0v) is 13.7. The fraction of sp³-hybridized carbons (Fsp3) is 0.133. The highest BCUT2D eigenvalue weighted by atomic mass is 32.2. The van der Waals surface area contributed by atoms with Crippen LogP contribution in [0.15, 0.2) is 64.6 Å². The summed E-state index contributed by atoms with van der Waals surface area (Å²) in [5, 5.41) is 12.2. The number of nitrogens with one attached hydrogen (secondary N) is 2. The number of amides is 1. The molecule has 1 amide bonds. The molecule has 0 aliphatic heterocycles. The van der Waals surface area contributed by atoms with E-state index in [1.807, 2.05) is 0 Å². The lowest BCUT2D eigenvalue weighted by atomic mass is 10.1. The van der Waals surface area contributed by atoms with Crippen LogP contribution in [-0.4, -0.2) is 25.6 Å². The van der Waals surface area contributed by atoms with E-state index < -0.39 is 22.0 Å². The van der Waals surface area contributed by atoms with Crippen LogP contribution in [0, 0.1) is 0 Å². The van der Waals surface area contributed by atoms with Crippen molar-refractivity contribution in [2.75, 3.05) is 0 Å². The quantitative estimate of drug-likeness (QED) is 0.228. The molecule has 3 N–H and O–H groups in total. The van der Waals surface area contributed by atoms with Gasteiger partial charge in [-0.25, -0.2) is 13.9 Å². The fourth-order valence-electron chi connectivity index (χ4n) is 2.11. The summed E-state index contributed by atoms with van der Waals surface area (Å²) in [7, 11) is -4.02. The van der Waals surface area contributed by atoms with Crippen LogP contribution in [0.2, 0.25) is 0 Å². The Morgan fingerprint density at radius 3 is 2.36 bits per heavy atom. The number of nitrogens with zero attached hydrogens (tertiary/aromatic N) is 3. The maximum absolute atomic E-state index is 12.4. The molecular formula is C15H15N5O4S. The van der Waals surface area contributed by atoms with Gasteiger partial charge in [-0.2, -0.15) is 4.72 Å². The Bertz CT molecular complexity index is 878. The molecule has 0 spiro atoms. The second-order valence-corrected chi connectivity index (χ2v) is 6.74. The van der Waals surface area contributed by atoms with Gasteiger partial charge in [0.1, 0.15) is 6.04 Å². The summed E-state index contributed by atoms with van der Waals surface area (Å²) in [5.74, 6) is -0.877. The number of hydrogen-bond donors (Lipinski definition) is 3. The normalized spacial score (nSPS) is 12.0. The Hall–Kier alpha value is -2.91. The molecule has 0 radical (unpaired) electrons. The minimum atomic E-state index is -4.02. The second kappa shape index (κ2) is 8.27. The molecule has 0 saturated carbocycles. The highest BCUT2D eigenvalue weighted by Crippen LogP contribution is 2.17. The summed E-state index contributed by atoms with van der Waals surface area (Å²) in [6.07, 6.45) is 0.0588. The van der Waals surface area contributed by atoms with Crippen LogP contribution in [0.3, 0.4) is 0 Å². The molecule has 0 saturated heterocycles. The van der Waals surface area contributed by atoms with Crippen LogP contribution in [0.1, 0.15) is 5.56 Å². The van der Waals surface area contributed by atoms with Crippen molar-refractivity contribution in [3.8, 4) is 0 Å².